The van der Waals surface area contributed by atoms with Crippen molar-refractivity contribution in [1.29, 1.82) is 0 Å². The zero-order valence-corrected chi connectivity index (χ0v) is 12.5. The van der Waals surface area contributed by atoms with Crippen molar-refractivity contribution in [3.8, 4) is 11.5 Å². The van der Waals surface area contributed by atoms with E-state index in [9.17, 15) is 0 Å². The zero-order chi connectivity index (χ0) is 14.8. The quantitative estimate of drug-likeness (QED) is 0.798. The molecule has 0 radical (unpaired) electrons. The van der Waals surface area contributed by atoms with Gasteiger partial charge in [0.05, 0.1) is 11.0 Å². The third-order valence-electron chi connectivity index (χ3n) is 3.61. The number of nitrogens with two attached hydrogens (primary N) is 1. The van der Waals surface area contributed by atoms with E-state index in [1.165, 1.54) is 0 Å². The largest absolute Gasteiger partial charge is 0.326 e. The third kappa shape index (κ3) is 2.54. The first-order valence-corrected chi connectivity index (χ1v) is 7.36. The van der Waals surface area contributed by atoms with Crippen molar-refractivity contribution in [2.24, 2.45) is 5.73 Å². The predicted molar refractivity (Wildman–Crippen MR) is 85.9 cm³/mol. The van der Waals surface area contributed by atoms with E-state index in [2.05, 4.69) is 34.7 Å². The Morgan fingerprint density at radius 3 is 2.71 bits per heavy atom. The lowest BCUT2D eigenvalue weighted by molar-refractivity contribution is 0.702. The number of aromatic nitrogens is 3. The van der Waals surface area contributed by atoms with E-state index in [4.69, 9.17) is 10.7 Å². The number of fused-ring (bicyclic) bond motifs is 1. The van der Waals surface area contributed by atoms with E-state index in [-0.39, 0.29) is 0 Å². The molecule has 4 heteroatoms. The Morgan fingerprint density at radius 2 is 2.00 bits per heavy atom. The zero-order valence-electron chi connectivity index (χ0n) is 12.5. The number of rotatable bonds is 4. The minimum atomic E-state index is 0.536. The van der Waals surface area contributed by atoms with Crippen LogP contribution in [0, 0.1) is 6.92 Å². The number of nitrogens with zero attached hydrogens (tertiary/aromatic N) is 3. The molecule has 0 unspecified atom stereocenters. The molecule has 2 aromatic heterocycles. The number of hydrogen-bond acceptors (Lipinski definition) is 3. The van der Waals surface area contributed by atoms with Crippen LogP contribution in [0.2, 0.25) is 0 Å². The van der Waals surface area contributed by atoms with Crippen LogP contribution >= 0.6 is 0 Å². The third-order valence-corrected chi connectivity index (χ3v) is 3.61. The molecule has 0 aliphatic rings. The first kappa shape index (κ1) is 13.8. The van der Waals surface area contributed by atoms with Gasteiger partial charge in [0.2, 0.25) is 0 Å². The molecule has 0 saturated carbocycles. The lowest BCUT2D eigenvalue weighted by atomic mass is 10.2. The Bertz CT molecular complexity index is 774. The van der Waals surface area contributed by atoms with Gasteiger partial charge in [0.1, 0.15) is 5.69 Å². The number of benzene rings is 1. The predicted octanol–water partition coefficient (Wildman–Crippen LogP) is 3.28. The molecule has 0 saturated heterocycles. The summed E-state index contributed by atoms with van der Waals surface area (Å²) in [4.78, 5) is 9.41. The van der Waals surface area contributed by atoms with Crippen molar-refractivity contribution in [2.75, 3.05) is 0 Å². The molecule has 2 N–H and O–H groups in total. The highest BCUT2D eigenvalue weighted by molar-refractivity contribution is 5.80. The van der Waals surface area contributed by atoms with Crippen LogP contribution in [0.1, 0.15) is 24.6 Å². The first-order chi connectivity index (χ1) is 10.2. The second kappa shape index (κ2) is 5.66. The SMILES string of the molecule is CCCn1c(-c2cccc(C)n2)nc2cc(CN)ccc21. The molecular weight excluding hydrogens is 260 g/mol. The topological polar surface area (TPSA) is 56.7 Å². The molecule has 0 atom stereocenters. The number of pyridine rings is 1. The summed E-state index contributed by atoms with van der Waals surface area (Å²) in [6, 6.07) is 12.3. The van der Waals surface area contributed by atoms with Gasteiger partial charge in [-0.15, -0.1) is 0 Å². The van der Waals surface area contributed by atoms with Crippen molar-refractivity contribution in [1.82, 2.24) is 14.5 Å². The average Bonchev–Trinajstić information content (AvgIpc) is 2.85. The van der Waals surface area contributed by atoms with Crippen molar-refractivity contribution in [3.63, 3.8) is 0 Å². The average molecular weight is 280 g/mol. The number of aryl methyl sites for hydroxylation is 2. The van der Waals surface area contributed by atoms with Crippen molar-refractivity contribution >= 4 is 11.0 Å². The van der Waals surface area contributed by atoms with Gasteiger partial charge in [-0.2, -0.15) is 0 Å². The van der Waals surface area contributed by atoms with Crippen molar-refractivity contribution in [3.05, 3.63) is 47.7 Å². The van der Waals surface area contributed by atoms with Crippen LogP contribution in [-0.2, 0) is 13.1 Å². The molecule has 3 rings (SSSR count). The summed E-state index contributed by atoms with van der Waals surface area (Å²) in [7, 11) is 0. The highest BCUT2D eigenvalue weighted by Gasteiger charge is 2.13. The molecule has 3 aromatic rings. The Morgan fingerprint density at radius 1 is 1.14 bits per heavy atom. The molecule has 0 aliphatic heterocycles. The van der Waals surface area contributed by atoms with Crippen LogP contribution in [0.3, 0.4) is 0 Å². The Kier molecular flexibility index (Phi) is 3.71. The summed E-state index contributed by atoms with van der Waals surface area (Å²) in [6.45, 7) is 5.65. The first-order valence-electron chi connectivity index (χ1n) is 7.36. The lowest BCUT2D eigenvalue weighted by Crippen LogP contribution is -2.01. The van der Waals surface area contributed by atoms with Gasteiger partial charge in [0, 0.05) is 18.8 Å². The summed E-state index contributed by atoms with van der Waals surface area (Å²) >= 11 is 0. The van der Waals surface area contributed by atoms with E-state index in [0.717, 1.165) is 46.8 Å². The molecule has 0 aliphatic carbocycles. The van der Waals surface area contributed by atoms with Crippen LogP contribution in [0.25, 0.3) is 22.6 Å². The second-order valence-corrected chi connectivity index (χ2v) is 5.28. The van der Waals surface area contributed by atoms with E-state index in [1.807, 2.05) is 25.1 Å². The van der Waals surface area contributed by atoms with Gasteiger partial charge >= 0.3 is 0 Å². The summed E-state index contributed by atoms with van der Waals surface area (Å²) in [5.74, 6) is 0.935. The van der Waals surface area contributed by atoms with Gasteiger partial charge in [0.15, 0.2) is 5.82 Å². The monoisotopic (exact) mass is 280 g/mol. The second-order valence-electron chi connectivity index (χ2n) is 5.28. The van der Waals surface area contributed by atoms with Gasteiger partial charge in [-0.25, -0.2) is 9.97 Å². The van der Waals surface area contributed by atoms with E-state index in [0.29, 0.717) is 6.54 Å². The minimum absolute atomic E-state index is 0.536. The van der Waals surface area contributed by atoms with Gasteiger partial charge < -0.3 is 10.3 Å². The maximum Gasteiger partial charge on any atom is 0.159 e. The summed E-state index contributed by atoms with van der Waals surface area (Å²) in [5.41, 5.74) is 10.9. The smallest absolute Gasteiger partial charge is 0.159 e. The number of hydrogen-bond donors (Lipinski definition) is 1. The Balaban J connectivity index is 2.23. The summed E-state index contributed by atoms with van der Waals surface area (Å²) < 4.78 is 2.25. The van der Waals surface area contributed by atoms with E-state index >= 15 is 0 Å². The maximum absolute atomic E-state index is 5.73. The Hall–Kier alpha value is -2.20. The van der Waals surface area contributed by atoms with Gasteiger partial charge in [-0.1, -0.05) is 19.1 Å². The molecule has 4 nitrogen and oxygen atoms in total. The fourth-order valence-electron chi connectivity index (χ4n) is 2.62. The molecule has 108 valence electrons. The molecule has 0 fully saturated rings. The van der Waals surface area contributed by atoms with Gasteiger partial charge in [0.25, 0.3) is 0 Å². The van der Waals surface area contributed by atoms with Gasteiger partial charge in [-0.3, -0.25) is 0 Å². The fourth-order valence-corrected chi connectivity index (χ4v) is 2.62. The highest BCUT2D eigenvalue weighted by Crippen LogP contribution is 2.25. The molecule has 0 spiro atoms. The normalized spacial score (nSPS) is 11.2. The number of imidazole rings is 1. The van der Waals surface area contributed by atoms with Crippen LogP contribution in [0.4, 0.5) is 0 Å². The van der Waals surface area contributed by atoms with Crippen LogP contribution < -0.4 is 5.73 Å². The van der Waals surface area contributed by atoms with E-state index in [1.54, 1.807) is 0 Å². The van der Waals surface area contributed by atoms with Crippen LogP contribution in [0.5, 0.6) is 0 Å². The fraction of sp³-hybridized carbons (Fsp3) is 0.294. The van der Waals surface area contributed by atoms with Gasteiger partial charge in [-0.05, 0) is 43.2 Å². The molecule has 21 heavy (non-hydrogen) atoms. The molecule has 2 heterocycles. The van der Waals surface area contributed by atoms with Crippen LogP contribution in [0.15, 0.2) is 36.4 Å². The molecule has 1 aromatic carbocycles. The van der Waals surface area contributed by atoms with Crippen molar-refractivity contribution < 1.29 is 0 Å². The van der Waals surface area contributed by atoms with E-state index < -0.39 is 0 Å². The minimum Gasteiger partial charge on any atom is -0.326 e. The summed E-state index contributed by atoms with van der Waals surface area (Å²) in [6.07, 6.45) is 1.06. The molecule has 0 bridgehead atoms. The highest BCUT2D eigenvalue weighted by atomic mass is 15.1. The van der Waals surface area contributed by atoms with Crippen LogP contribution in [-0.4, -0.2) is 14.5 Å². The Labute approximate surface area is 124 Å². The summed E-state index contributed by atoms with van der Waals surface area (Å²) in [5, 5.41) is 0. The van der Waals surface area contributed by atoms with Crippen molar-refractivity contribution in [2.45, 2.75) is 33.4 Å². The molecular formula is C17H20N4. The standard InChI is InChI=1S/C17H20N4/c1-3-9-21-16-8-7-13(11-18)10-15(16)20-17(21)14-6-4-5-12(2)19-14/h4-8,10H,3,9,11,18H2,1-2H3. The maximum atomic E-state index is 5.73. The lowest BCUT2D eigenvalue weighted by Gasteiger charge is -2.07. The molecule has 0 amide bonds.